The van der Waals surface area contributed by atoms with Crippen molar-refractivity contribution < 1.29 is 19.0 Å². The van der Waals surface area contributed by atoms with E-state index in [1.54, 1.807) is 30.0 Å². The smallest absolute Gasteiger partial charge is 0.271 e. The van der Waals surface area contributed by atoms with Crippen LogP contribution < -0.4 is 10.2 Å². The van der Waals surface area contributed by atoms with Crippen molar-refractivity contribution in [2.75, 3.05) is 47.9 Å². The molecule has 29 heavy (non-hydrogen) atoms. The van der Waals surface area contributed by atoms with Crippen LogP contribution >= 0.6 is 11.8 Å². The van der Waals surface area contributed by atoms with Gasteiger partial charge in [-0.05, 0) is 13.0 Å². The van der Waals surface area contributed by atoms with Crippen LogP contribution in [0.25, 0.3) is 0 Å². The van der Waals surface area contributed by atoms with E-state index in [2.05, 4.69) is 10.5 Å². The predicted octanol–water partition coefficient (Wildman–Crippen LogP) is 1.91. The molecule has 0 bridgehead atoms. The molecule has 2 aromatic rings. The Hall–Kier alpha value is -3.08. The van der Waals surface area contributed by atoms with Crippen molar-refractivity contribution in [1.29, 1.82) is 0 Å². The van der Waals surface area contributed by atoms with Crippen molar-refractivity contribution in [2.24, 2.45) is 0 Å². The second-order valence-corrected chi connectivity index (χ2v) is 7.49. The van der Waals surface area contributed by atoms with Gasteiger partial charge in [-0.2, -0.15) is 0 Å². The number of carbonyl (C=O) groups excluding carboxylic acids is 2. The Labute approximate surface area is 171 Å². The number of nitrogens with zero attached hydrogens (tertiary/aromatic N) is 4. The van der Waals surface area contributed by atoms with Crippen molar-refractivity contribution in [1.82, 2.24) is 10.1 Å². The number of piperazine rings is 1. The van der Waals surface area contributed by atoms with Gasteiger partial charge in [0.1, 0.15) is 5.76 Å². The zero-order valence-electron chi connectivity index (χ0n) is 15.9. The molecule has 10 nitrogen and oxygen atoms in total. The highest BCUT2D eigenvalue weighted by atomic mass is 32.2. The molecule has 0 radical (unpaired) electrons. The monoisotopic (exact) mass is 419 g/mol. The van der Waals surface area contributed by atoms with Crippen LogP contribution in [-0.2, 0) is 9.59 Å². The fourth-order valence-electron chi connectivity index (χ4n) is 2.94. The fraction of sp³-hybridized carbons (Fsp3) is 0.389. The van der Waals surface area contributed by atoms with Crippen LogP contribution in [0.15, 0.2) is 34.9 Å². The van der Waals surface area contributed by atoms with Gasteiger partial charge in [0, 0.05) is 50.1 Å². The van der Waals surface area contributed by atoms with E-state index in [1.807, 2.05) is 11.0 Å². The molecule has 11 heteroatoms. The van der Waals surface area contributed by atoms with Gasteiger partial charge in [0.25, 0.3) is 5.69 Å². The Balaban J connectivity index is 1.40. The van der Waals surface area contributed by atoms with Crippen LogP contribution in [0.5, 0.6) is 0 Å². The molecular formula is C18H21N5O5S. The highest BCUT2D eigenvalue weighted by Gasteiger charge is 2.22. The summed E-state index contributed by atoms with van der Waals surface area (Å²) in [5.74, 6) is 1.04. The van der Waals surface area contributed by atoms with Crippen molar-refractivity contribution in [3.05, 3.63) is 46.2 Å². The fourth-order valence-corrected chi connectivity index (χ4v) is 3.66. The molecule has 154 valence electrons. The molecule has 1 aliphatic heterocycles. The molecule has 0 spiro atoms. The van der Waals surface area contributed by atoms with Crippen LogP contribution in [0, 0.1) is 17.0 Å². The minimum atomic E-state index is -0.416. The van der Waals surface area contributed by atoms with Gasteiger partial charge in [0.05, 0.1) is 16.4 Å². The molecule has 1 aliphatic rings. The lowest BCUT2D eigenvalue weighted by molar-refractivity contribution is -0.384. The third-order valence-electron chi connectivity index (χ3n) is 4.39. The molecule has 2 amide bonds. The average molecular weight is 419 g/mol. The van der Waals surface area contributed by atoms with Gasteiger partial charge in [0.2, 0.25) is 11.8 Å². The van der Waals surface area contributed by atoms with Crippen molar-refractivity contribution in [2.45, 2.75) is 6.92 Å². The summed E-state index contributed by atoms with van der Waals surface area (Å²) in [6, 6.07) is 8.11. The van der Waals surface area contributed by atoms with Crippen molar-refractivity contribution >= 4 is 40.8 Å². The van der Waals surface area contributed by atoms with E-state index in [4.69, 9.17) is 4.52 Å². The molecular weight excluding hydrogens is 398 g/mol. The zero-order valence-corrected chi connectivity index (χ0v) is 16.7. The largest absolute Gasteiger partial charge is 0.368 e. The summed E-state index contributed by atoms with van der Waals surface area (Å²) < 4.78 is 4.88. The first-order valence-corrected chi connectivity index (χ1v) is 10.2. The number of hydrogen-bond acceptors (Lipinski definition) is 8. The molecule has 1 saturated heterocycles. The molecule has 1 aromatic heterocycles. The van der Waals surface area contributed by atoms with Crippen LogP contribution in [0.1, 0.15) is 5.76 Å². The first-order valence-electron chi connectivity index (χ1n) is 9.00. The maximum absolute atomic E-state index is 12.4. The Morgan fingerprint density at radius 2 is 2.00 bits per heavy atom. The number of amides is 2. The number of anilines is 2. The van der Waals surface area contributed by atoms with E-state index in [1.165, 1.54) is 17.8 Å². The topological polar surface area (TPSA) is 122 Å². The van der Waals surface area contributed by atoms with Gasteiger partial charge in [0.15, 0.2) is 5.82 Å². The number of carbonyl (C=O) groups is 2. The van der Waals surface area contributed by atoms with Gasteiger partial charge in [-0.15, -0.1) is 11.8 Å². The van der Waals surface area contributed by atoms with E-state index in [9.17, 15) is 19.7 Å². The Kier molecular flexibility index (Phi) is 6.70. The standard InChI is InChI=1S/C18H21N5O5S/c1-13-9-16(20-28-13)19-17(24)11-29-12-18(25)22-7-5-21(6-8-22)14-3-2-4-15(10-14)23(26)27/h2-4,9-10H,5-8,11-12H2,1H3,(H,19,20,24). The van der Waals surface area contributed by atoms with E-state index in [0.29, 0.717) is 37.8 Å². The van der Waals surface area contributed by atoms with E-state index in [0.717, 1.165) is 5.69 Å². The van der Waals surface area contributed by atoms with Gasteiger partial charge in [-0.25, -0.2) is 0 Å². The van der Waals surface area contributed by atoms with E-state index in [-0.39, 0.29) is 29.0 Å². The number of nitro groups is 1. The van der Waals surface area contributed by atoms with Crippen molar-refractivity contribution in [3.8, 4) is 0 Å². The Morgan fingerprint density at radius 1 is 1.24 bits per heavy atom. The number of benzene rings is 1. The number of aromatic nitrogens is 1. The molecule has 2 heterocycles. The lowest BCUT2D eigenvalue weighted by Gasteiger charge is -2.36. The summed E-state index contributed by atoms with van der Waals surface area (Å²) in [5, 5.41) is 17.2. The second-order valence-electron chi connectivity index (χ2n) is 6.51. The molecule has 0 atom stereocenters. The minimum absolute atomic E-state index is 0.0289. The second kappa shape index (κ2) is 9.41. The number of non-ortho nitro benzene ring substituents is 1. The number of hydrogen-bond donors (Lipinski definition) is 1. The maximum Gasteiger partial charge on any atom is 0.271 e. The lowest BCUT2D eigenvalue weighted by atomic mass is 10.2. The van der Waals surface area contributed by atoms with Crippen LogP contribution in [0.3, 0.4) is 0 Å². The zero-order chi connectivity index (χ0) is 20.8. The quantitative estimate of drug-likeness (QED) is 0.533. The Morgan fingerprint density at radius 3 is 2.66 bits per heavy atom. The van der Waals surface area contributed by atoms with Crippen LogP contribution in [-0.4, -0.2) is 64.5 Å². The van der Waals surface area contributed by atoms with E-state index >= 15 is 0 Å². The lowest BCUT2D eigenvalue weighted by Crippen LogP contribution is -2.49. The van der Waals surface area contributed by atoms with Gasteiger partial charge in [-0.1, -0.05) is 11.2 Å². The normalized spacial score (nSPS) is 14.0. The average Bonchev–Trinajstić information content (AvgIpc) is 3.12. The third kappa shape index (κ3) is 5.70. The van der Waals surface area contributed by atoms with Crippen molar-refractivity contribution in [3.63, 3.8) is 0 Å². The third-order valence-corrected chi connectivity index (χ3v) is 5.31. The first-order chi connectivity index (χ1) is 13.9. The summed E-state index contributed by atoms with van der Waals surface area (Å²) in [6.45, 7) is 4.00. The summed E-state index contributed by atoms with van der Waals surface area (Å²) in [4.78, 5) is 38.5. The number of nitro benzene ring substituents is 1. The molecule has 0 aliphatic carbocycles. The number of nitrogens with one attached hydrogen (secondary N) is 1. The molecule has 1 fully saturated rings. The molecule has 1 N–H and O–H groups in total. The summed E-state index contributed by atoms with van der Waals surface area (Å²) in [6.07, 6.45) is 0. The van der Waals surface area contributed by atoms with Gasteiger partial charge >= 0.3 is 0 Å². The number of rotatable bonds is 7. The summed E-state index contributed by atoms with van der Waals surface area (Å²) >= 11 is 1.24. The molecule has 0 unspecified atom stereocenters. The van der Waals surface area contributed by atoms with Crippen LogP contribution in [0.4, 0.5) is 17.2 Å². The molecule has 0 saturated carbocycles. The molecule has 3 rings (SSSR count). The van der Waals surface area contributed by atoms with Gasteiger partial charge < -0.3 is 19.6 Å². The Bertz CT molecular complexity index is 894. The first kappa shape index (κ1) is 20.6. The number of aryl methyl sites for hydroxylation is 1. The van der Waals surface area contributed by atoms with E-state index < -0.39 is 4.92 Å². The minimum Gasteiger partial charge on any atom is -0.368 e. The summed E-state index contributed by atoms with van der Waals surface area (Å²) in [7, 11) is 0. The van der Waals surface area contributed by atoms with Crippen LogP contribution in [0.2, 0.25) is 0 Å². The van der Waals surface area contributed by atoms with Gasteiger partial charge in [-0.3, -0.25) is 19.7 Å². The highest BCUT2D eigenvalue weighted by molar-refractivity contribution is 8.00. The predicted molar refractivity (Wildman–Crippen MR) is 109 cm³/mol. The summed E-state index contributed by atoms with van der Waals surface area (Å²) in [5.41, 5.74) is 0.830. The highest BCUT2D eigenvalue weighted by Crippen LogP contribution is 2.22. The SMILES string of the molecule is Cc1cc(NC(=O)CSCC(=O)N2CCN(c3cccc([N+](=O)[O-])c3)CC2)no1. The maximum atomic E-state index is 12.4. The number of thioether (sulfide) groups is 1. The molecule has 1 aromatic carbocycles.